The van der Waals surface area contributed by atoms with E-state index in [0.717, 1.165) is 38.5 Å². The third-order valence-corrected chi connectivity index (χ3v) is 5.49. The molecule has 2 rings (SSSR count). The Labute approximate surface area is 171 Å². The van der Waals surface area contributed by atoms with Gasteiger partial charge in [-0.05, 0) is 60.8 Å². The van der Waals surface area contributed by atoms with E-state index in [1.165, 1.54) is 60.8 Å². The molecule has 0 atom stereocenters. The predicted molar refractivity (Wildman–Crippen MR) is 120 cm³/mol. The van der Waals surface area contributed by atoms with Gasteiger partial charge in [-0.15, -0.1) is 0 Å². The molecule has 0 saturated carbocycles. The lowest BCUT2D eigenvalue weighted by atomic mass is 9.99. The zero-order valence-electron chi connectivity index (χ0n) is 17.4. The molecule has 0 fully saturated rings. The summed E-state index contributed by atoms with van der Waals surface area (Å²) in [6, 6.07) is 18.1. The molecular formula is C26H38O2. The fraction of sp³-hybridized carbons (Fsp3) is 0.538. The molecule has 0 aliphatic rings. The summed E-state index contributed by atoms with van der Waals surface area (Å²) in [6.07, 6.45) is 13.9. The lowest BCUT2D eigenvalue weighted by molar-refractivity contribution is 0.282. The van der Waals surface area contributed by atoms with E-state index in [-0.39, 0.29) is 0 Å². The molecular weight excluding hydrogens is 344 g/mol. The van der Waals surface area contributed by atoms with Gasteiger partial charge in [0.25, 0.3) is 0 Å². The van der Waals surface area contributed by atoms with Crippen LogP contribution >= 0.6 is 0 Å². The molecule has 0 bridgehead atoms. The van der Waals surface area contributed by atoms with Gasteiger partial charge < -0.3 is 10.2 Å². The minimum Gasteiger partial charge on any atom is -0.396 e. The molecule has 0 heterocycles. The number of aliphatic hydroxyl groups excluding tert-OH is 2. The molecule has 0 spiro atoms. The Bertz CT molecular complexity index is 558. The lowest BCUT2D eigenvalue weighted by Crippen LogP contribution is -1.89. The second-order valence-electron chi connectivity index (χ2n) is 7.88. The summed E-state index contributed by atoms with van der Waals surface area (Å²) in [6.45, 7) is 0.654. The van der Waals surface area contributed by atoms with Gasteiger partial charge in [-0.2, -0.15) is 0 Å². The van der Waals surface area contributed by atoms with Crippen LogP contribution in [0, 0.1) is 0 Å². The van der Waals surface area contributed by atoms with Gasteiger partial charge >= 0.3 is 0 Å². The molecule has 2 N–H and O–H groups in total. The second kappa shape index (κ2) is 14.4. The molecule has 0 unspecified atom stereocenters. The van der Waals surface area contributed by atoms with Crippen molar-refractivity contribution in [3.63, 3.8) is 0 Å². The Hall–Kier alpha value is -1.64. The van der Waals surface area contributed by atoms with Crippen molar-refractivity contribution < 1.29 is 10.2 Å². The molecule has 2 aromatic rings. The standard InChI is InChI=1S/C26H38O2/c27-21-9-5-1-3-7-11-23-13-17-25(18-14-23)26-19-15-24(16-20-26)12-8-4-2-6-10-22-28/h13-20,27-28H,1-12,21-22H2. The van der Waals surface area contributed by atoms with E-state index >= 15 is 0 Å². The van der Waals surface area contributed by atoms with Gasteiger partial charge in [0.2, 0.25) is 0 Å². The molecule has 2 nitrogen and oxygen atoms in total. The van der Waals surface area contributed by atoms with E-state index in [1.807, 2.05) is 0 Å². The molecule has 0 radical (unpaired) electrons. The molecule has 2 aromatic carbocycles. The predicted octanol–water partition coefficient (Wildman–Crippen LogP) is 6.32. The van der Waals surface area contributed by atoms with Gasteiger partial charge in [-0.1, -0.05) is 87.1 Å². The van der Waals surface area contributed by atoms with Gasteiger partial charge in [0.1, 0.15) is 0 Å². The zero-order chi connectivity index (χ0) is 19.9. The average molecular weight is 383 g/mol. The highest BCUT2D eigenvalue weighted by Crippen LogP contribution is 2.22. The zero-order valence-corrected chi connectivity index (χ0v) is 17.4. The van der Waals surface area contributed by atoms with Crippen LogP contribution in [0.2, 0.25) is 0 Å². The third kappa shape index (κ3) is 9.03. The molecule has 0 aliphatic carbocycles. The molecule has 2 heteroatoms. The summed E-state index contributed by atoms with van der Waals surface area (Å²) in [4.78, 5) is 0. The van der Waals surface area contributed by atoms with Gasteiger partial charge in [0, 0.05) is 13.2 Å². The number of rotatable bonds is 15. The highest BCUT2D eigenvalue weighted by Gasteiger charge is 2.00. The van der Waals surface area contributed by atoms with E-state index < -0.39 is 0 Å². The lowest BCUT2D eigenvalue weighted by Gasteiger charge is -2.07. The van der Waals surface area contributed by atoms with Crippen molar-refractivity contribution in [1.82, 2.24) is 0 Å². The summed E-state index contributed by atoms with van der Waals surface area (Å²) in [5.41, 5.74) is 5.43. The van der Waals surface area contributed by atoms with Gasteiger partial charge in [0.05, 0.1) is 0 Å². The van der Waals surface area contributed by atoms with Crippen LogP contribution in [0.1, 0.15) is 75.3 Å². The Morgan fingerprint density at radius 2 is 0.714 bits per heavy atom. The first-order chi connectivity index (χ1) is 13.8. The van der Waals surface area contributed by atoms with Crippen LogP contribution in [0.15, 0.2) is 48.5 Å². The van der Waals surface area contributed by atoms with E-state index in [9.17, 15) is 0 Å². The average Bonchev–Trinajstić information content (AvgIpc) is 2.74. The van der Waals surface area contributed by atoms with Crippen LogP contribution in [0.4, 0.5) is 0 Å². The van der Waals surface area contributed by atoms with Crippen LogP contribution in [0.5, 0.6) is 0 Å². The van der Waals surface area contributed by atoms with Crippen LogP contribution in [-0.4, -0.2) is 23.4 Å². The quantitative estimate of drug-likeness (QED) is 0.354. The molecule has 0 aromatic heterocycles. The minimum absolute atomic E-state index is 0.327. The molecule has 154 valence electrons. The maximum Gasteiger partial charge on any atom is 0.0431 e. The maximum atomic E-state index is 8.80. The van der Waals surface area contributed by atoms with Gasteiger partial charge in [0.15, 0.2) is 0 Å². The maximum absolute atomic E-state index is 8.80. The summed E-state index contributed by atoms with van der Waals surface area (Å²) < 4.78 is 0. The largest absolute Gasteiger partial charge is 0.396 e. The molecule has 0 saturated heterocycles. The Kier molecular flexibility index (Phi) is 11.6. The summed E-state index contributed by atoms with van der Waals surface area (Å²) in [5.74, 6) is 0. The van der Waals surface area contributed by atoms with Crippen molar-refractivity contribution in [2.45, 2.75) is 77.0 Å². The second-order valence-corrected chi connectivity index (χ2v) is 7.88. The molecule has 0 aliphatic heterocycles. The van der Waals surface area contributed by atoms with Gasteiger partial charge in [-0.3, -0.25) is 0 Å². The van der Waals surface area contributed by atoms with E-state index in [4.69, 9.17) is 10.2 Å². The normalized spacial score (nSPS) is 11.1. The van der Waals surface area contributed by atoms with Crippen LogP contribution in [0.25, 0.3) is 11.1 Å². The Morgan fingerprint density at radius 3 is 1.07 bits per heavy atom. The first-order valence-electron chi connectivity index (χ1n) is 11.2. The Morgan fingerprint density at radius 1 is 0.393 bits per heavy atom. The highest BCUT2D eigenvalue weighted by molar-refractivity contribution is 5.63. The van der Waals surface area contributed by atoms with Crippen LogP contribution in [0.3, 0.4) is 0 Å². The first-order valence-corrected chi connectivity index (χ1v) is 11.2. The van der Waals surface area contributed by atoms with Crippen LogP contribution in [-0.2, 0) is 12.8 Å². The van der Waals surface area contributed by atoms with E-state index in [2.05, 4.69) is 48.5 Å². The van der Waals surface area contributed by atoms with Crippen molar-refractivity contribution in [2.24, 2.45) is 0 Å². The van der Waals surface area contributed by atoms with Crippen LogP contribution < -0.4 is 0 Å². The number of aryl methyl sites for hydroxylation is 2. The van der Waals surface area contributed by atoms with Crippen molar-refractivity contribution in [3.8, 4) is 11.1 Å². The number of hydrogen-bond acceptors (Lipinski definition) is 2. The fourth-order valence-electron chi connectivity index (χ4n) is 3.67. The van der Waals surface area contributed by atoms with Crippen molar-refractivity contribution in [2.75, 3.05) is 13.2 Å². The van der Waals surface area contributed by atoms with E-state index in [1.54, 1.807) is 0 Å². The smallest absolute Gasteiger partial charge is 0.0431 e. The summed E-state index contributed by atoms with van der Waals surface area (Å²) >= 11 is 0. The fourth-order valence-corrected chi connectivity index (χ4v) is 3.67. The highest BCUT2D eigenvalue weighted by atomic mass is 16.3. The number of unbranched alkanes of at least 4 members (excludes halogenated alkanes) is 8. The SMILES string of the molecule is OCCCCCCCc1ccc(-c2ccc(CCCCCCCO)cc2)cc1. The number of hydrogen-bond donors (Lipinski definition) is 2. The molecule has 0 amide bonds. The Balaban J connectivity index is 1.71. The third-order valence-electron chi connectivity index (χ3n) is 5.49. The summed E-state index contributed by atoms with van der Waals surface area (Å²) in [5, 5.41) is 17.6. The van der Waals surface area contributed by atoms with E-state index in [0.29, 0.717) is 13.2 Å². The van der Waals surface area contributed by atoms with Crippen molar-refractivity contribution in [1.29, 1.82) is 0 Å². The minimum atomic E-state index is 0.327. The topological polar surface area (TPSA) is 40.5 Å². The van der Waals surface area contributed by atoms with Crippen molar-refractivity contribution >= 4 is 0 Å². The van der Waals surface area contributed by atoms with Gasteiger partial charge in [-0.25, -0.2) is 0 Å². The first kappa shape index (κ1) is 22.6. The monoisotopic (exact) mass is 382 g/mol. The van der Waals surface area contributed by atoms with Crippen molar-refractivity contribution in [3.05, 3.63) is 59.7 Å². The number of benzene rings is 2. The molecule has 28 heavy (non-hydrogen) atoms. The summed E-state index contributed by atoms with van der Waals surface area (Å²) in [7, 11) is 0. The number of aliphatic hydroxyl groups is 2.